The Labute approximate surface area is 111 Å². The van der Waals surface area contributed by atoms with Gasteiger partial charge in [0.2, 0.25) is 0 Å². The predicted octanol–water partition coefficient (Wildman–Crippen LogP) is 1.50. The molecular formula is C12H10BrN3O2. The second-order valence-electron chi connectivity index (χ2n) is 3.60. The monoisotopic (exact) mass is 307 g/mol. The van der Waals surface area contributed by atoms with Gasteiger partial charge in [0, 0.05) is 33.3 Å². The van der Waals surface area contributed by atoms with Crippen LogP contribution in [-0.4, -0.2) is 16.8 Å². The number of aromatic nitrogens is 1. The fourth-order valence-corrected chi connectivity index (χ4v) is 1.89. The maximum Gasteiger partial charge on any atom is 0.312 e. The molecule has 0 bridgehead atoms. The molecule has 2 aromatic rings. The molecule has 0 aliphatic rings. The second-order valence-corrected chi connectivity index (χ2v) is 4.52. The Kier molecular flexibility index (Phi) is 3.47. The molecule has 92 valence electrons. The minimum Gasteiger partial charge on any atom is -0.361 e. The van der Waals surface area contributed by atoms with Crippen LogP contribution < -0.4 is 11.1 Å². The van der Waals surface area contributed by atoms with Crippen LogP contribution in [0.15, 0.2) is 35.1 Å². The van der Waals surface area contributed by atoms with Crippen molar-refractivity contribution in [2.45, 2.75) is 0 Å². The van der Waals surface area contributed by atoms with Gasteiger partial charge in [0.1, 0.15) is 0 Å². The van der Waals surface area contributed by atoms with Crippen molar-refractivity contribution in [1.82, 2.24) is 10.3 Å². The third kappa shape index (κ3) is 2.60. The van der Waals surface area contributed by atoms with E-state index in [0.29, 0.717) is 0 Å². The van der Waals surface area contributed by atoms with Crippen LogP contribution in [-0.2, 0) is 9.59 Å². The number of rotatable bonds is 2. The zero-order valence-corrected chi connectivity index (χ0v) is 10.8. The van der Waals surface area contributed by atoms with E-state index in [1.54, 1.807) is 6.08 Å². The Hall–Kier alpha value is -2.08. The number of benzene rings is 1. The highest BCUT2D eigenvalue weighted by atomic mass is 79.9. The minimum absolute atomic E-state index is 0.840. The van der Waals surface area contributed by atoms with Crippen molar-refractivity contribution in [3.63, 3.8) is 0 Å². The molecular weight excluding hydrogens is 298 g/mol. The highest BCUT2D eigenvalue weighted by Gasteiger charge is 2.05. The summed E-state index contributed by atoms with van der Waals surface area (Å²) in [5, 5.41) is 3.29. The fraction of sp³-hybridized carbons (Fsp3) is 0. The fourth-order valence-electron chi connectivity index (χ4n) is 1.53. The molecule has 0 aliphatic heterocycles. The summed E-state index contributed by atoms with van der Waals surface area (Å²) in [5.74, 6) is -1.85. The van der Waals surface area contributed by atoms with E-state index in [1.807, 2.05) is 24.4 Å². The standard InChI is InChI=1S/C12H10BrN3O2/c13-8-1-2-10-9(5-8)7(6-16-10)3-4-15-12(18)11(14)17/h1-6,16H,(H2,14,17)(H,15,18)/b4-3-. The van der Waals surface area contributed by atoms with Gasteiger partial charge in [-0.15, -0.1) is 0 Å². The van der Waals surface area contributed by atoms with Crippen molar-refractivity contribution in [2.24, 2.45) is 5.73 Å². The van der Waals surface area contributed by atoms with E-state index in [2.05, 4.69) is 26.2 Å². The van der Waals surface area contributed by atoms with E-state index in [-0.39, 0.29) is 0 Å². The van der Waals surface area contributed by atoms with E-state index in [1.165, 1.54) is 6.20 Å². The van der Waals surface area contributed by atoms with Gasteiger partial charge in [-0.25, -0.2) is 0 Å². The Morgan fingerprint density at radius 2 is 2.17 bits per heavy atom. The average molecular weight is 308 g/mol. The van der Waals surface area contributed by atoms with Crippen LogP contribution in [0.2, 0.25) is 0 Å². The van der Waals surface area contributed by atoms with Gasteiger partial charge < -0.3 is 16.0 Å². The molecule has 4 N–H and O–H groups in total. The minimum atomic E-state index is -1.01. The summed E-state index contributed by atoms with van der Waals surface area (Å²) in [6, 6.07) is 5.83. The van der Waals surface area contributed by atoms with E-state index in [4.69, 9.17) is 5.73 Å². The van der Waals surface area contributed by atoms with Crippen molar-refractivity contribution in [3.8, 4) is 0 Å². The topological polar surface area (TPSA) is 88.0 Å². The van der Waals surface area contributed by atoms with Gasteiger partial charge in [0.25, 0.3) is 0 Å². The van der Waals surface area contributed by atoms with Gasteiger partial charge in [0.05, 0.1) is 0 Å². The number of primary amides is 1. The van der Waals surface area contributed by atoms with Gasteiger partial charge >= 0.3 is 11.8 Å². The molecule has 18 heavy (non-hydrogen) atoms. The highest BCUT2D eigenvalue weighted by Crippen LogP contribution is 2.23. The number of amides is 2. The Balaban J connectivity index is 2.22. The highest BCUT2D eigenvalue weighted by molar-refractivity contribution is 9.10. The van der Waals surface area contributed by atoms with E-state index in [9.17, 15) is 9.59 Å². The van der Waals surface area contributed by atoms with E-state index < -0.39 is 11.8 Å². The number of carbonyl (C=O) groups is 2. The van der Waals surface area contributed by atoms with Crippen molar-refractivity contribution >= 4 is 44.7 Å². The quantitative estimate of drug-likeness (QED) is 0.734. The van der Waals surface area contributed by atoms with E-state index >= 15 is 0 Å². The molecule has 0 fully saturated rings. The summed E-state index contributed by atoms with van der Waals surface area (Å²) >= 11 is 3.39. The number of carbonyl (C=O) groups excluding carboxylic acids is 2. The molecule has 0 unspecified atom stereocenters. The summed E-state index contributed by atoms with van der Waals surface area (Å²) in [5.41, 5.74) is 6.69. The van der Waals surface area contributed by atoms with Crippen LogP contribution in [0, 0.1) is 0 Å². The lowest BCUT2D eigenvalue weighted by Gasteiger charge is -1.95. The van der Waals surface area contributed by atoms with Crippen LogP contribution in [0.4, 0.5) is 0 Å². The maximum absolute atomic E-state index is 10.9. The molecule has 2 rings (SSSR count). The SMILES string of the molecule is NC(=O)C(=O)N/C=C\c1c[nH]c2ccc(Br)cc12. The summed E-state index contributed by atoms with van der Waals surface area (Å²) in [6.45, 7) is 0. The average Bonchev–Trinajstić information content (AvgIpc) is 2.71. The maximum atomic E-state index is 10.9. The lowest BCUT2D eigenvalue weighted by atomic mass is 10.2. The molecule has 1 aromatic heterocycles. The van der Waals surface area contributed by atoms with Crippen LogP contribution in [0.5, 0.6) is 0 Å². The summed E-state index contributed by atoms with van der Waals surface area (Å²) in [4.78, 5) is 24.5. The van der Waals surface area contributed by atoms with Crippen LogP contribution in [0.25, 0.3) is 17.0 Å². The van der Waals surface area contributed by atoms with Gasteiger partial charge in [0.15, 0.2) is 0 Å². The smallest absolute Gasteiger partial charge is 0.312 e. The van der Waals surface area contributed by atoms with Crippen molar-refractivity contribution in [2.75, 3.05) is 0 Å². The van der Waals surface area contributed by atoms with Gasteiger partial charge in [-0.05, 0) is 24.3 Å². The third-order valence-corrected chi connectivity index (χ3v) is 2.87. The zero-order valence-electron chi connectivity index (χ0n) is 9.24. The number of hydrogen-bond acceptors (Lipinski definition) is 2. The van der Waals surface area contributed by atoms with Crippen molar-refractivity contribution < 1.29 is 9.59 Å². The molecule has 0 radical (unpaired) electrons. The lowest BCUT2D eigenvalue weighted by molar-refractivity contribution is -0.136. The first-order chi connectivity index (χ1) is 8.58. The van der Waals surface area contributed by atoms with Crippen molar-refractivity contribution in [1.29, 1.82) is 0 Å². The molecule has 0 saturated heterocycles. The lowest BCUT2D eigenvalue weighted by Crippen LogP contribution is -2.32. The van der Waals surface area contributed by atoms with Crippen LogP contribution in [0.1, 0.15) is 5.56 Å². The van der Waals surface area contributed by atoms with Crippen LogP contribution in [0.3, 0.4) is 0 Å². The number of hydrogen-bond donors (Lipinski definition) is 3. The first-order valence-electron chi connectivity index (χ1n) is 5.11. The van der Waals surface area contributed by atoms with Gasteiger partial charge in [-0.2, -0.15) is 0 Å². The van der Waals surface area contributed by atoms with Gasteiger partial charge in [-0.1, -0.05) is 15.9 Å². The van der Waals surface area contributed by atoms with Gasteiger partial charge in [-0.3, -0.25) is 9.59 Å². The molecule has 1 heterocycles. The molecule has 5 nitrogen and oxygen atoms in total. The zero-order chi connectivity index (χ0) is 13.1. The number of H-pyrrole nitrogens is 1. The number of nitrogens with one attached hydrogen (secondary N) is 2. The largest absolute Gasteiger partial charge is 0.361 e. The Morgan fingerprint density at radius 1 is 1.39 bits per heavy atom. The molecule has 6 heteroatoms. The van der Waals surface area contributed by atoms with Crippen molar-refractivity contribution in [3.05, 3.63) is 40.6 Å². The third-order valence-electron chi connectivity index (χ3n) is 2.38. The molecule has 0 spiro atoms. The molecule has 0 atom stereocenters. The predicted molar refractivity (Wildman–Crippen MR) is 72.4 cm³/mol. The first kappa shape index (κ1) is 12.4. The Bertz CT molecular complexity index is 646. The normalized spacial score (nSPS) is 10.9. The summed E-state index contributed by atoms with van der Waals surface area (Å²) in [6.07, 6.45) is 4.88. The molecule has 0 aliphatic carbocycles. The molecule has 0 saturated carbocycles. The molecule has 1 aromatic carbocycles. The van der Waals surface area contributed by atoms with E-state index in [0.717, 1.165) is 20.9 Å². The second kappa shape index (κ2) is 5.05. The van der Waals surface area contributed by atoms with Crippen LogP contribution >= 0.6 is 15.9 Å². The number of aromatic amines is 1. The molecule has 2 amide bonds. The number of fused-ring (bicyclic) bond motifs is 1. The summed E-state index contributed by atoms with van der Waals surface area (Å²) < 4.78 is 0.963. The number of halogens is 1. The Morgan fingerprint density at radius 3 is 2.89 bits per heavy atom. The first-order valence-corrected chi connectivity index (χ1v) is 5.90. The summed E-state index contributed by atoms with van der Waals surface area (Å²) in [7, 11) is 0. The number of nitrogens with two attached hydrogens (primary N) is 1.